The summed E-state index contributed by atoms with van der Waals surface area (Å²) in [5, 5.41) is 31.3. The zero-order valence-electron chi connectivity index (χ0n) is 13.9. The van der Waals surface area contributed by atoms with Crippen LogP contribution in [0, 0.1) is 11.3 Å². The van der Waals surface area contributed by atoms with Crippen molar-refractivity contribution >= 4 is 44.4 Å². The van der Waals surface area contributed by atoms with Crippen molar-refractivity contribution in [1.82, 2.24) is 10.2 Å². The molecule has 1 fully saturated rings. The number of aromatic hydroxyl groups is 1. The first-order valence-corrected chi connectivity index (χ1v) is 9.93. The monoisotopic (exact) mass is 432 g/mol. The van der Waals surface area contributed by atoms with Crippen LogP contribution in [0.1, 0.15) is 48.6 Å². The van der Waals surface area contributed by atoms with Crippen LogP contribution >= 0.6 is 27.3 Å². The summed E-state index contributed by atoms with van der Waals surface area (Å²) < 4.78 is 0.737. The van der Waals surface area contributed by atoms with E-state index in [2.05, 4.69) is 31.4 Å². The van der Waals surface area contributed by atoms with Crippen LogP contribution in [-0.2, 0) is 4.79 Å². The molecule has 1 heterocycles. The average Bonchev–Trinajstić information content (AvgIpc) is 3.11. The van der Waals surface area contributed by atoms with Gasteiger partial charge in [-0.1, -0.05) is 46.5 Å². The van der Waals surface area contributed by atoms with Gasteiger partial charge in [-0.05, 0) is 37.1 Å². The van der Waals surface area contributed by atoms with E-state index in [0.717, 1.165) is 22.3 Å². The Balaban J connectivity index is 1.73. The summed E-state index contributed by atoms with van der Waals surface area (Å²) in [5.74, 6) is -0.168. The predicted octanol–water partition coefficient (Wildman–Crippen LogP) is 4.60. The molecule has 0 unspecified atom stereocenters. The number of amides is 1. The highest BCUT2D eigenvalue weighted by atomic mass is 79.9. The molecule has 0 radical (unpaired) electrons. The third-order valence-corrected chi connectivity index (χ3v) is 5.76. The van der Waals surface area contributed by atoms with Gasteiger partial charge in [0.25, 0.3) is 5.91 Å². The molecule has 1 saturated carbocycles. The second-order valence-electron chi connectivity index (χ2n) is 6.11. The molecule has 1 amide bonds. The van der Waals surface area contributed by atoms with Crippen molar-refractivity contribution < 1.29 is 9.90 Å². The molecule has 1 aliphatic carbocycles. The van der Waals surface area contributed by atoms with Crippen molar-refractivity contribution in [2.45, 2.75) is 38.0 Å². The van der Waals surface area contributed by atoms with Gasteiger partial charge in [0.15, 0.2) is 0 Å². The van der Waals surface area contributed by atoms with Crippen LogP contribution in [0.4, 0.5) is 5.13 Å². The van der Waals surface area contributed by atoms with Crippen LogP contribution in [0.15, 0.2) is 28.2 Å². The molecule has 6 nitrogen and oxygen atoms in total. The van der Waals surface area contributed by atoms with Crippen molar-refractivity contribution in [2.75, 3.05) is 5.32 Å². The second kappa shape index (κ2) is 8.43. The fourth-order valence-corrected chi connectivity index (χ4v) is 4.20. The minimum atomic E-state index is -0.571. The maximum absolute atomic E-state index is 12.4. The number of benzene rings is 1. The van der Waals surface area contributed by atoms with E-state index < -0.39 is 5.91 Å². The number of carbonyl (C=O) groups is 1. The molecule has 1 aliphatic rings. The molecule has 3 rings (SSSR count). The summed E-state index contributed by atoms with van der Waals surface area (Å²) >= 11 is 4.66. The minimum absolute atomic E-state index is 0.00995. The number of halogens is 1. The first kappa shape index (κ1) is 18.5. The molecule has 0 bridgehead atoms. The first-order chi connectivity index (χ1) is 12.6. The van der Waals surface area contributed by atoms with E-state index in [0.29, 0.717) is 16.6 Å². The summed E-state index contributed by atoms with van der Waals surface area (Å²) in [4.78, 5) is 12.4. The van der Waals surface area contributed by atoms with Gasteiger partial charge in [0, 0.05) is 16.0 Å². The number of aromatic nitrogens is 2. The lowest BCUT2D eigenvalue weighted by Gasteiger charge is -2.18. The fourth-order valence-electron chi connectivity index (χ4n) is 2.91. The molecule has 2 aromatic rings. The molecule has 1 aromatic carbocycles. The average molecular weight is 433 g/mol. The normalized spacial score (nSPS) is 15.5. The van der Waals surface area contributed by atoms with E-state index in [1.807, 2.05) is 6.07 Å². The predicted molar refractivity (Wildman–Crippen MR) is 104 cm³/mol. The maximum Gasteiger partial charge on any atom is 0.268 e. The minimum Gasteiger partial charge on any atom is -0.507 e. The summed E-state index contributed by atoms with van der Waals surface area (Å²) in [6.07, 6.45) is 7.21. The molecule has 0 saturated heterocycles. The number of rotatable bonds is 4. The van der Waals surface area contributed by atoms with E-state index in [-0.39, 0.29) is 11.3 Å². The molecule has 0 atom stereocenters. The Bertz CT molecular complexity index is 882. The van der Waals surface area contributed by atoms with Gasteiger partial charge < -0.3 is 5.11 Å². The summed E-state index contributed by atoms with van der Waals surface area (Å²) in [6, 6.07) is 6.66. The van der Waals surface area contributed by atoms with Gasteiger partial charge in [-0.2, -0.15) is 5.26 Å². The Morgan fingerprint density at radius 3 is 2.85 bits per heavy atom. The molecular formula is C18H17BrN4O2S. The van der Waals surface area contributed by atoms with Crippen molar-refractivity contribution in [3.8, 4) is 11.8 Å². The van der Waals surface area contributed by atoms with E-state index in [4.69, 9.17) is 0 Å². The highest BCUT2D eigenvalue weighted by Gasteiger charge is 2.21. The zero-order chi connectivity index (χ0) is 18.5. The highest BCUT2D eigenvalue weighted by molar-refractivity contribution is 9.10. The second-order valence-corrected chi connectivity index (χ2v) is 8.03. The van der Waals surface area contributed by atoms with Crippen molar-refractivity contribution in [1.29, 1.82) is 5.26 Å². The van der Waals surface area contributed by atoms with Crippen molar-refractivity contribution in [3.63, 3.8) is 0 Å². The first-order valence-electron chi connectivity index (χ1n) is 8.32. The van der Waals surface area contributed by atoms with Gasteiger partial charge in [0.05, 0.1) is 0 Å². The molecular weight excluding hydrogens is 416 g/mol. The van der Waals surface area contributed by atoms with Crippen LogP contribution in [-0.4, -0.2) is 21.2 Å². The third-order valence-electron chi connectivity index (χ3n) is 4.27. The van der Waals surface area contributed by atoms with Gasteiger partial charge in [0.2, 0.25) is 5.13 Å². The van der Waals surface area contributed by atoms with E-state index in [1.165, 1.54) is 42.7 Å². The lowest BCUT2D eigenvalue weighted by atomic mass is 9.90. The zero-order valence-corrected chi connectivity index (χ0v) is 16.3. The molecule has 134 valence electrons. The number of nitrogens with zero attached hydrogens (tertiary/aromatic N) is 3. The Hall–Kier alpha value is -2.24. The number of phenolic OH excluding ortho intramolecular Hbond substituents is 1. The van der Waals surface area contributed by atoms with Gasteiger partial charge in [-0.25, -0.2) is 0 Å². The Labute approximate surface area is 163 Å². The SMILES string of the molecule is N#C/C(=C/c1cc(Br)ccc1O)C(=O)Nc1nnc(C2CCCCC2)s1. The Kier molecular flexibility index (Phi) is 6.01. The standard InChI is InChI=1S/C18H17BrN4O2S/c19-14-6-7-15(24)12(9-14)8-13(10-20)16(25)21-18-23-22-17(26-18)11-4-2-1-3-5-11/h6-9,11,24H,1-5H2,(H,21,23,25)/b13-8-. The van der Waals surface area contributed by atoms with Gasteiger partial charge in [-0.3, -0.25) is 10.1 Å². The fraction of sp³-hybridized carbons (Fsp3) is 0.333. The number of nitrogens with one attached hydrogen (secondary N) is 1. The van der Waals surface area contributed by atoms with Gasteiger partial charge in [0.1, 0.15) is 22.4 Å². The molecule has 1 aromatic heterocycles. The molecule has 0 aliphatic heterocycles. The topological polar surface area (TPSA) is 98.9 Å². The number of phenols is 1. The summed E-state index contributed by atoms with van der Waals surface area (Å²) in [7, 11) is 0. The maximum atomic E-state index is 12.4. The smallest absolute Gasteiger partial charge is 0.268 e. The highest BCUT2D eigenvalue weighted by Crippen LogP contribution is 2.35. The van der Waals surface area contributed by atoms with Crippen LogP contribution in [0.3, 0.4) is 0 Å². The quantitative estimate of drug-likeness (QED) is 0.543. The number of nitriles is 1. The largest absolute Gasteiger partial charge is 0.507 e. The molecule has 0 spiro atoms. The molecule has 8 heteroatoms. The summed E-state index contributed by atoms with van der Waals surface area (Å²) in [6.45, 7) is 0. The number of carbonyl (C=O) groups excluding carboxylic acids is 1. The lowest BCUT2D eigenvalue weighted by molar-refractivity contribution is -0.112. The molecule has 2 N–H and O–H groups in total. The van der Waals surface area contributed by atoms with Crippen LogP contribution in [0.5, 0.6) is 5.75 Å². The van der Waals surface area contributed by atoms with Crippen molar-refractivity contribution in [2.24, 2.45) is 0 Å². The van der Waals surface area contributed by atoms with Crippen molar-refractivity contribution in [3.05, 3.63) is 38.8 Å². The number of hydrogen-bond donors (Lipinski definition) is 2. The van der Waals surface area contributed by atoms with E-state index >= 15 is 0 Å². The number of anilines is 1. The Morgan fingerprint density at radius 1 is 1.35 bits per heavy atom. The van der Waals surface area contributed by atoms with Gasteiger partial charge >= 0.3 is 0 Å². The molecule has 26 heavy (non-hydrogen) atoms. The van der Waals surface area contributed by atoms with E-state index in [9.17, 15) is 15.2 Å². The van der Waals surface area contributed by atoms with E-state index in [1.54, 1.807) is 12.1 Å². The van der Waals surface area contributed by atoms with Gasteiger partial charge in [-0.15, -0.1) is 10.2 Å². The van der Waals surface area contributed by atoms with Crippen LogP contribution in [0.2, 0.25) is 0 Å². The third kappa shape index (κ3) is 4.48. The van der Waals surface area contributed by atoms with Crippen LogP contribution in [0.25, 0.3) is 6.08 Å². The Morgan fingerprint density at radius 2 is 2.12 bits per heavy atom. The summed E-state index contributed by atoms with van der Waals surface area (Å²) in [5.41, 5.74) is 0.263. The van der Waals surface area contributed by atoms with Crippen LogP contribution < -0.4 is 5.32 Å². The number of hydrogen-bond acceptors (Lipinski definition) is 6. The lowest BCUT2D eigenvalue weighted by Crippen LogP contribution is -2.13.